The molecule has 0 saturated heterocycles. The summed E-state index contributed by atoms with van der Waals surface area (Å²) in [4.78, 5) is 54.1. The third-order valence-electron chi connectivity index (χ3n) is 5.76. The first kappa shape index (κ1) is 40.9. The van der Waals surface area contributed by atoms with E-state index in [2.05, 4.69) is 20.0 Å². The normalized spacial score (nSPS) is 11.5. The Morgan fingerprint density at radius 2 is 1.49 bits per heavy atom. The first-order valence-corrected chi connectivity index (χ1v) is 16.9. The lowest BCUT2D eigenvalue weighted by Gasteiger charge is -2.19. The summed E-state index contributed by atoms with van der Waals surface area (Å²) >= 11 is 0. The molecule has 17 nitrogen and oxygen atoms in total. The Kier molecular flexibility index (Phi) is 18.1. The minimum atomic E-state index is -4.09. The quantitative estimate of drug-likeness (QED) is 0.0982. The average molecular weight is 713 g/mol. The third-order valence-corrected chi connectivity index (χ3v) is 7.09. The number of hydrogen-bond acceptors (Lipinski definition) is 14. The number of carbonyl (C=O) groups excluding carboxylic acids is 3. The molecule has 272 valence electrons. The van der Waals surface area contributed by atoms with E-state index in [4.69, 9.17) is 33.5 Å². The zero-order chi connectivity index (χ0) is 36.1. The molecule has 0 atom stereocenters. The summed E-state index contributed by atoms with van der Waals surface area (Å²) in [5.41, 5.74) is -0.522. The van der Waals surface area contributed by atoms with E-state index in [1.165, 1.54) is 30.6 Å². The summed E-state index contributed by atoms with van der Waals surface area (Å²) in [5.74, 6) is -2.08. The highest BCUT2D eigenvalue weighted by molar-refractivity contribution is 7.92. The number of aliphatic carboxylic acids is 1. The van der Waals surface area contributed by atoms with Crippen molar-refractivity contribution in [1.29, 1.82) is 0 Å². The van der Waals surface area contributed by atoms with Gasteiger partial charge < -0.3 is 38.8 Å². The Bertz CT molecular complexity index is 1450. The predicted molar refractivity (Wildman–Crippen MR) is 173 cm³/mol. The summed E-state index contributed by atoms with van der Waals surface area (Å²) < 4.78 is 59.4. The molecule has 0 aliphatic heterocycles. The van der Waals surface area contributed by atoms with E-state index in [0.29, 0.717) is 13.0 Å². The molecule has 2 rings (SSSR count). The lowest BCUT2D eigenvalue weighted by molar-refractivity contribution is -0.155. The predicted octanol–water partition coefficient (Wildman–Crippen LogP) is 1.62. The number of Topliss-reactive ketones (excluding diaryl/α,β-unsaturated/α-hetero) is 1. The minimum Gasteiger partial charge on any atom is -0.493 e. The van der Waals surface area contributed by atoms with Gasteiger partial charge >= 0.3 is 11.9 Å². The van der Waals surface area contributed by atoms with Gasteiger partial charge in [-0.15, -0.1) is 0 Å². The van der Waals surface area contributed by atoms with E-state index in [-0.39, 0.29) is 100 Å². The molecule has 0 aliphatic rings. The van der Waals surface area contributed by atoms with Crippen molar-refractivity contribution in [2.75, 3.05) is 70.7 Å². The number of nitrogens with zero attached hydrogens (tertiary/aromatic N) is 2. The van der Waals surface area contributed by atoms with Crippen molar-refractivity contribution in [3.05, 3.63) is 42.2 Å². The van der Waals surface area contributed by atoms with Crippen LogP contribution in [0.5, 0.6) is 5.75 Å². The van der Waals surface area contributed by atoms with Crippen molar-refractivity contribution in [3.63, 3.8) is 0 Å². The van der Waals surface area contributed by atoms with Crippen LogP contribution < -0.4 is 14.8 Å². The minimum absolute atomic E-state index is 0.00128. The summed E-state index contributed by atoms with van der Waals surface area (Å²) in [5, 5.41) is 11.1. The molecule has 0 saturated carbocycles. The summed E-state index contributed by atoms with van der Waals surface area (Å²) in [6.45, 7) is 6.32. The number of nitrogens with one attached hydrogen (secondary N) is 2. The average Bonchev–Trinajstić information content (AvgIpc) is 3.02. The number of amides is 1. The molecule has 0 radical (unpaired) electrons. The highest BCUT2D eigenvalue weighted by Gasteiger charge is 2.19. The molecule has 1 amide bonds. The molecule has 49 heavy (non-hydrogen) atoms. The van der Waals surface area contributed by atoms with Crippen molar-refractivity contribution < 1.29 is 61.1 Å². The van der Waals surface area contributed by atoms with Crippen LogP contribution in [0.1, 0.15) is 50.4 Å². The van der Waals surface area contributed by atoms with E-state index >= 15 is 0 Å². The molecule has 1 aromatic carbocycles. The number of esters is 1. The molecule has 1 heterocycles. The first-order valence-electron chi connectivity index (χ1n) is 15.4. The number of carbonyl (C=O) groups is 4. The van der Waals surface area contributed by atoms with E-state index in [0.717, 1.165) is 0 Å². The summed E-state index contributed by atoms with van der Waals surface area (Å²) in [6, 6.07) is 5.68. The molecular weight excluding hydrogens is 668 g/mol. The topological polar surface area (TPSA) is 228 Å². The molecule has 0 bridgehead atoms. The Labute approximate surface area is 285 Å². The molecule has 0 fully saturated rings. The number of aromatic nitrogens is 2. The smallest absolute Gasteiger partial charge is 0.329 e. The molecule has 1 aromatic heterocycles. The number of sulfonamides is 1. The number of benzene rings is 1. The highest BCUT2D eigenvalue weighted by atomic mass is 32.2. The van der Waals surface area contributed by atoms with Gasteiger partial charge in [0.15, 0.2) is 5.78 Å². The van der Waals surface area contributed by atoms with Gasteiger partial charge in [-0.1, -0.05) is 6.07 Å². The molecular formula is C31H44N4O13S. The van der Waals surface area contributed by atoms with Crippen LogP contribution in [0.3, 0.4) is 0 Å². The van der Waals surface area contributed by atoms with Crippen LogP contribution in [-0.4, -0.2) is 119 Å². The standard InChI is InChI=1S/C31H44N4O13S/c1-31(2,3)48-28(39)9-12-47-25-7-4-8-26(18-25)49(41,42)35-30-33-19-23(20-34-30)29(40)32-10-13-44-15-16-45-21-24(36)6-5-11-43-14-17-46-22-27(37)38/h4,7-8,18-20H,5-6,9-17,21-22H2,1-3H3,(H,32,40)(H,37,38)(H,33,34,35). The Hall–Kier alpha value is -4.23. The zero-order valence-corrected chi connectivity index (χ0v) is 28.6. The van der Waals surface area contributed by atoms with E-state index in [1.54, 1.807) is 26.8 Å². The van der Waals surface area contributed by atoms with Crippen molar-refractivity contribution in [2.24, 2.45) is 0 Å². The molecule has 0 spiro atoms. The second-order valence-electron chi connectivity index (χ2n) is 11.2. The van der Waals surface area contributed by atoms with Crippen LogP contribution in [0.25, 0.3) is 0 Å². The lowest BCUT2D eigenvalue weighted by Crippen LogP contribution is -2.28. The number of anilines is 1. The monoisotopic (exact) mass is 712 g/mol. The van der Waals surface area contributed by atoms with E-state index in [9.17, 15) is 27.6 Å². The van der Waals surface area contributed by atoms with Crippen LogP contribution in [-0.2, 0) is 48.1 Å². The molecule has 18 heteroatoms. The van der Waals surface area contributed by atoms with Gasteiger partial charge in [-0.2, -0.15) is 0 Å². The number of ketones is 1. The van der Waals surface area contributed by atoms with Gasteiger partial charge in [0.25, 0.3) is 15.9 Å². The molecule has 3 N–H and O–H groups in total. The summed E-state index contributed by atoms with van der Waals surface area (Å²) in [7, 11) is -4.09. The van der Waals surface area contributed by atoms with Gasteiger partial charge in [0, 0.05) is 38.0 Å². The maximum Gasteiger partial charge on any atom is 0.329 e. The Morgan fingerprint density at radius 3 is 2.16 bits per heavy atom. The third kappa shape index (κ3) is 18.8. The molecule has 0 unspecified atom stereocenters. The largest absolute Gasteiger partial charge is 0.493 e. The van der Waals surface area contributed by atoms with Crippen LogP contribution in [0.4, 0.5) is 5.95 Å². The molecule has 2 aromatic rings. The fourth-order valence-electron chi connectivity index (χ4n) is 3.62. The number of ether oxygens (including phenoxy) is 6. The number of carboxylic acid groups (broad SMARTS) is 1. The van der Waals surface area contributed by atoms with Crippen molar-refractivity contribution in [1.82, 2.24) is 15.3 Å². The van der Waals surface area contributed by atoms with Crippen LogP contribution in [0.2, 0.25) is 0 Å². The van der Waals surface area contributed by atoms with Gasteiger partial charge in [0.2, 0.25) is 5.95 Å². The maximum absolute atomic E-state index is 12.9. The van der Waals surface area contributed by atoms with Crippen LogP contribution >= 0.6 is 0 Å². The van der Waals surface area contributed by atoms with Gasteiger partial charge in [0.05, 0.1) is 56.5 Å². The Morgan fingerprint density at radius 1 is 0.837 bits per heavy atom. The molecule has 0 aliphatic carbocycles. The maximum atomic E-state index is 12.9. The van der Waals surface area contributed by atoms with Gasteiger partial charge in [-0.05, 0) is 39.3 Å². The lowest BCUT2D eigenvalue weighted by atomic mass is 10.2. The fraction of sp³-hybridized carbons (Fsp3) is 0.548. The number of rotatable bonds is 25. The second kappa shape index (κ2) is 21.7. The van der Waals surface area contributed by atoms with Gasteiger partial charge in [0.1, 0.15) is 24.6 Å². The first-order chi connectivity index (χ1) is 23.2. The van der Waals surface area contributed by atoms with Crippen molar-refractivity contribution >= 4 is 39.6 Å². The van der Waals surface area contributed by atoms with E-state index in [1.807, 2.05) is 0 Å². The van der Waals surface area contributed by atoms with Gasteiger partial charge in [-0.25, -0.2) is 27.9 Å². The second-order valence-corrected chi connectivity index (χ2v) is 12.9. The van der Waals surface area contributed by atoms with Gasteiger partial charge in [-0.3, -0.25) is 14.4 Å². The summed E-state index contributed by atoms with van der Waals surface area (Å²) in [6.07, 6.45) is 3.12. The number of carboxylic acids is 1. The van der Waals surface area contributed by atoms with Crippen LogP contribution in [0, 0.1) is 0 Å². The van der Waals surface area contributed by atoms with Crippen LogP contribution in [0.15, 0.2) is 41.6 Å². The van der Waals surface area contributed by atoms with Crippen molar-refractivity contribution in [3.8, 4) is 5.75 Å². The van der Waals surface area contributed by atoms with E-state index < -0.39 is 33.5 Å². The Balaban J connectivity index is 1.60. The highest BCUT2D eigenvalue weighted by Crippen LogP contribution is 2.20. The zero-order valence-electron chi connectivity index (χ0n) is 27.8. The fourth-order valence-corrected chi connectivity index (χ4v) is 4.61. The number of hydrogen-bond donors (Lipinski definition) is 3. The van der Waals surface area contributed by atoms with Crippen molar-refractivity contribution in [2.45, 2.75) is 50.5 Å². The SMILES string of the molecule is CC(C)(C)OC(=O)CCOc1cccc(S(=O)(=O)Nc2ncc(C(=O)NCCOCCOCC(=O)CCCOCCOCC(=O)O)cn2)c1.